The second kappa shape index (κ2) is 3.22. The zero-order valence-electron chi connectivity index (χ0n) is 9.58. The summed E-state index contributed by atoms with van der Waals surface area (Å²) in [7, 11) is 0. The van der Waals surface area contributed by atoms with Gasteiger partial charge in [0.2, 0.25) is 0 Å². The van der Waals surface area contributed by atoms with E-state index in [0.717, 1.165) is 5.56 Å². The molecule has 0 radical (unpaired) electrons. The van der Waals surface area contributed by atoms with Gasteiger partial charge in [0.25, 0.3) is 5.91 Å². The quantitative estimate of drug-likeness (QED) is 0.653. The average molecular weight is 241 g/mol. The first-order valence-electron chi connectivity index (χ1n) is 6.07. The predicted octanol–water partition coefficient (Wildman–Crippen LogP) is 2.07. The van der Waals surface area contributed by atoms with E-state index < -0.39 is 6.09 Å². The van der Waals surface area contributed by atoms with Crippen LogP contribution in [0.5, 0.6) is 0 Å². The van der Waals surface area contributed by atoms with Gasteiger partial charge in [-0.15, -0.1) is 0 Å². The van der Waals surface area contributed by atoms with Crippen LogP contribution < -0.4 is 0 Å². The van der Waals surface area contributed by atoms with E-state index in [1.807, 2.05) is 24.3 Å². The van der Waals surface area contributed by atoms with Crippen molar-refractivity contribution in [2.75, 3.05) is 0 Å². The molecular formula is C14H11NO3. The zero-order chi connectivity index (χ0) is 12.3. The number of fused-ring (bicyclic) bond motifs is 2. The first-order chi connectivity index (χ1) is 8.77. The van der Waals surface area contributed by atoms with Crippen LogP contribution in [0.1, 0.15) is 28.3 Å². The van der Waals surface area contributed by atoms with Crippen molar-refractivity contribution in [3.63, 3.8) is 0 Å². The van der Waals surface area contributed by atoms with Gasteiger partial charge in [0.15, 0.2) is 0 Å². The van der Waals surface area contributed by atoms with Crippen LogP contribution in [0.2, 0.25) is 0 Å². The molecular weight excluding hydrogens is 230 g/mol. The molecule has 1 aromatic rings. The molecule has 0 saturated carbocycles. The Kier molecular flexibility index (Phi) is 1.77. The van der Waals surface area contributed by atoms with Gasteiger partial charge < -0.3 is 4.74 Å². The summed E-state index contributed by atoms with van der Waals surface area (Å²) in [6.07, 6.45) is 4.12. The zero-order valence-corrected chi connectivity index (χ0v) is 9.58. The maximum Gasteiger partial charge on any atom is 0.417 e. The van der Waals surface area contributed by atoms with Crippen molar-refractivity contribution >= 4 is 12.0 Å². The number of nitrogens with zero attached hydrogens (tertiary/aromatic N) is 1. The maximum atomic E-state index is 12.3. The Balaban J connectivity index is 1.97. The van der Waals surface area contributed by atoms with E-state index in [0.29, 0.717) is 12.0 Å². The number of carbonyl (C=O) groups is 2. The van der Waals surface area contributed by atoms with Gasteiger partial charge in [0, 0.05) is 17.9 Å². The van der Waals surface area contributed by atoms with Crippen LogP contribution in [-0.4, -0.2) is 29.0 Å². The van der Waals surface area contributed by atoms with Crippen LogP contribution in [-0.2, 0) is 4.74 Å². The van der Waals surface area contributed by atoms with E-state index in [-0.39, 0.29) is 24.0 Å². The summed E-state index contributed by atoms with van der Waals surface area (Å²) in [4.78, 5) is 25.5. The fourth-order valence-corrected chi connectivity index (χ4v) is 3.21. The first kappa shape index (κ1) is 9.88. The van der Waals surface area contributed by atoms with Gasteiger partial charge in [0.1, 0.15) is 6.10 Å². The molecule has 90 valence electrons. The smallest absolute Gasteiger partial charge is 0.417 e. The number of benzene rings is 1. The molecule has 0 spiro atoms. The molecule has 1 saturated heterocycles. The minimum atomic E-state index is -0.502. The lowest BCUT2D eigenvalue weighted by molar-refractivity contribution is 0.0739. The summed E-state index contributed by atoms with van der Waals surface area (Å²) in [6.45, 7) is 0. The third-order valence-electron chi connectivity index (χ3n) is 3.98. The van der Waals surface area contributed by atoms with Crippen LogP contribution in [0.25, 0.3) is 0 Å². The molecule has 2 heterocycles. The molecule has 2 amide bonds. The van der Waals surface area contributed by atoms with Crippen molar-refractivity contribution in [3.05, 3.63) is 47.5 Å². The standard InChI is InChI=1S/C14H11NO3/c16-13-10-5-2-1-4-8(10)9-6-3-7-11-12(9)15(13)14(17)18-11/h1-6,9,11-12H,7H2/t9-,11+,12-/m1/s1. The highest BCUT2D eigenvalue weighted by molar-refractivity contribution is 6.06. The fourth-order valence-electron chi connectivity index (χ4n) is 3.21. The third kappa shape index (κ3) is 1.05. The summed E-state index contributed by atoms with van der Waals surface area (Å²) < 4.78 is 5.30. The van der Waals surface area contributed by atoms with Crippen molar-refractivity contribution < 1.29 is 14.3 Å². The van der Waals surface area contributed by atoms with Crippen LogP contribution in [0, 0.1) is 0 Å². The molecule has 4 heteroatoms. The molecule has 4 nitrogen and oxygen atoms in total. The van der Waals surface area contributed by atoms with E-state index in [2.05, 4.69) is 6.08 Å². The lowest BCUT2D eigenvalue weighted by Gasteiger charge is -2.36. The molecule has 18 heavy (non-hydrogen) atoms. The highest BCUT2D eigenvalue weighted by Gasteiger charge is 2.53. The molecule has 3 atom stereocenters. The summed E-state index contributed by atoms with van der Waals surface area (Å²) >= 11 is 0. The largest absolute Gasteiger partial charge is 0.443 e. The van der Waals surface area contributed by atoms with Gasteiger partial charge >= 0.3 is 6.09 Å². The SMILES string of the molecule is O=C1O[C@H]2CC=C[C@@H]3c4ccccc4C(=O)N1[C@@H]23. The van der Waals surface area contributed by atoms with Crippen LogP contribution in [0.4, 0.5) is 4.79 Å². The molecule has 0 bridgehead atoms. The summed E-state index contributed by atoms with van der Waals surface area (Å²) in [5.74, 6) is -0.154. The molecule has 1 fully saturated rings. The minimum Gasteiger partial charge on any atom is -0.443 e. The van der Waals surface area contributed by atoms with Crippen LogP contribution in [0.15, 0.2) is 36.4 Å². The molecule has 3 aliphatic rings. The van der Waals surface area contributed by atoms with Gasteiger partial charge in [-0.2, -0.15) is 0 Å². The van der Waals surface area contributed by atoms with E-state index >= 15 is 0 Å². The van der Waals surface area contributed by atoms with Crippen molar-refractivity contribution in [3.8, 4) is 0 Å². The van der Waals surface area contributed by atoms with Gasteiger partial charge in [0.05, 0.1) is 6.04 Å². The lowest BCUT2D eigenvalue weighted by atomic mass is 9.78. The molecule has 1 aromatic carbocycles. The van der Waals surface area contributed by atoms with E-state index in [1.165, 1.54) is 4.90 Å². The fraction of sp³-hybridized carbons (Fsp3) is 0.286. The van der Waals surface area contributed by atoms with Crippen LogP contribution >= 0.6 is 0 Å². The molecule has 4 rings (SSSR count). The molecule has 0 N–H and O–H groups in total. The van der Waals surface area contributed by atoms with Gasteiger partial charge in [-0.1, -0.05) is 30.4 Å². The van der Waals surface area contributed by atoms with Crippen molar-refractivity contribution in [2.45, 2.75) is 24.5 Å². The number of rotatable bonds is 0. The van der Waals surface area contributed by atoms with Crippen LogP contribution in [0.3, 0.4) is 0 Å². The lowest BCUT2D eigenvalue weighted by Crippen LogP contribution is -2.49. The molecule has 0 aromatic heterocycles. The third-order valence-corrected chi connectivity index (χ3v) is 3.98. The molecule has 2 aliphatic heterocycles. The topological polar surface area (TPSA) is 46.6 Å². The summed E-state index contributed by atoms with van der Waals surface area (Å²) in [5.41, 5.74) is 1.62. The Morgan fingerprint density at radius 2 is 2.06 bits per heavy atom. The number of hydrogen-bond acceptors (Lipinski definition) is 3. The van der Waals surface area contributed by atoms with Crippen molar-refractivity contribution in [1.82, 2.24) is 4.90 Å². The highest BCUT2D eigenvalue weighted by Crippen LogP contribution is 2.43. The second-order valence-corrected chi connectivity index (χ2v) is 4.86. The Labute approximate surface area is 104 Å². The van der Waals surface area contributed by atoms with E-state index in [9.17, 15) is 9.59 Å². The monoisotopic (exact) mass is 241 g/mol. The highest BCUT2D eigenvalue weighted by atomic mass is 16.6. The van der Waals surface area contributed by atoms with Crippen molar-refractivity contribution in [1.29, 1.82) is 0 Å². The minimum absolute atomic E-state index is 0.0732. The second-order valence-electron chi connectivity index (χ2n) is 4.86. The van der Waals surface area contributed by atoms with Gasteiger partial charge in [-0.25, -0.2) is 9.69 Å². The number of amides is 2. The summed E-state index contributed by atoms with van der Waals surface area (Å²) in [5, 5.41) is 0. The Morgan fingerprint density at radius 1 is 1.22 bits per heavy atom. The van der Waals surface area contributed by atoms with Crippen molar-refractivity contribution in [2.24, 2.45) is 0 Å². The number of carbonyl (C=O) groups excluding carboxylic acids is 2. The number of imide groups is 1. The normalized spacial score (nSPS) is 32.0. The number of ether oxygens (including phenoxy) is 1. The maximum absolute atomic E-state index is 12.3. The average Bonchev–Trinajstić information content (AvgIpc) is 2.73. The van der Waals surface area contributed by atoms with E-state index in [1.54, 1.807) is 6.07 Å². The van der Waals surface area contributed by atoms with Gasteiger partial charge in [-0.05, 0) is 11.6 Å². The predicted molar refractivity (Wildman–Crippen MR) is 63.2 cm³/mol. The Morgan fingerprint density at radius 3 is 2.94 bits per heavy atom. The Bertz CT molecular complexity index is 592. The Hall–Kier alpha value is -2.10. The summed E-state index contributed by atoms with van der Waals surface area (Å²) in [6, 6.07) is 7.33. The van der Waals surface area contributed by atoms with Gasteiger partial charge in [-0.3, -0.25) is 4.79 Å². The van der Waals surface area contributed by atoms with E-state index in [4.69, 9.17) is 4.74 Å². The molecule has 0 unspecified atom stereocenters. The first-order valence-corrected chi connectivity index (χ1v) is 6.07. The number of hydrogen-bond donors (Lipinski definition) is 0. The molecule has 1 aliphatic carbocycles.